The van der Waals surface area contributed by atoms with Crippen LogP contribution in [0.5, 0.6) is 0 Å². The van der Waals surface area contributed by atoms with Crippen molar-refractivity contribution in [1.82, 2.24) is 8.75 Å². The number of amides is 1. The lowest BCUT2D eigenvalue weighted by Crippen LogP contribution is -2.29. The highest BCUT2D eigenvalue weighted by atomic mass is 32.1. The first-order valence-electron chi connectivity index (χ1n) is 8.69. The lowest BCUT2D eigenvalue weighted by Gasteiger charge is -2.28. The molecule has 0 bridgehead atoms. The summed E-state index contributed by atoms with van der Waals surface area (Å²) in [6.07, 6.45) is 3.67. The summed E-state index contributed by atoms with van der Waals surface area (Å²) in [5.74, 6) is -0.418. The van der Waals surface area contributed by atoms with E-state index in [1.54, 1.807) is 0 Å². The molecule has 138 valence electrons. The number of non-ortho nitro benzene ring substituents is 1. The molecular weight excluding hydrogens is 366 g/mol. The van der Waals surface area contributed by atoms with E-state index < -0.39 is 10.8 Å². The van der Waals surface area contributed by atoms with Crippen LogP contribution in [0.15, 0.2) is 36.4 Å². The van der Waals surface area contributed by atoms with Crippen molar-refractivity contribution < 1.29 is 9.72 Å². The number of nitro groups is 1. The Morgan fingerprint density at radius 2 is 1.85 bits per heavy atom. The second-order valence-corrected chi connectivity index (χ2v) is 6.96. The van der Waals surface area contributed by atoms with Gasteiger partial charge in [-0.25, -0.2) is 0 Å². The molecule has 3 aromatic rings. The number of hydrogen-bond donors (Lipinski definition) is 1. The number of rotatable bonds is 4. The molecule has 1 N–H and O–H groups in total. The van der Waals surface area contributed by atoms with Crippen LogP contribution < -0.4 is 10.2 Å². The highest BCUT2D eigenvalue weighted by Gasteiger charge is 2.20. The van der Waals surface area contributed by atoms with Crippen LogP contribution in [0.2, 0.25) is 0 Å². The minimum absolute atomic E-state index is 0.182. The molecule has 0 radical (unpaired) electrons. The van der Waals surface area contributed by atoms with Gasteiger partial charge in [-0.1, -0.05) is 0 Å². The average molecular weight is 383 g/mol. The zero-order valence-electron chi connectivity index (χ0n) is 14.4. The Labute approximate surface area is 159 Å². The lowest BCUT2D eigenvalue weighted by molar-refractivity contribution is -0.383. The van der Waals surface area contributed by atoms with Crippen LogP contribution in [0.3, 0.4) is 0 Å². The van der Waals surface area contributed by atoms with Crippen molar-refractivity contribution >= 4 is 45.7 Å². The number of aromatic nitrogens is 2. The number of fused-ring (bicyclic) bond motifs is 1. The smallest absolute Gasteiger partial charge is 0.299 e. The summed E-state index contributed by atoms with van der Waals surface area (Å²) in [5.41, 5.74) is 2.29. The molecule has 1 aliphatic rings. The Hall–Kier alpha value is -3.07. The van der Waals surface area contributed by atoms with E-state index in [2.05, 4.69) is 19.0 Å². The van der Waals surface area contributed by atoms with Crippen molar-refractivity contribution in [1.29, 1.82) is 0 Å². The van der Waals surface area contributed by atoms with E-state index in [0.29, 0.717) is 11.2 Å². The van der Waals surface area contributed by atoms with E-state index in [1.165, 1.54) is 31.4 Å². The summed E-state index contributed by atoms with van der Waals surface area (Å²) < 4.78 is 7.95. The molecule has 4 rings (SSSR count). The predicted molar refractivity (Wildman–Crippen MR) is 105 cm³/mol. The molecule has 0 atom stereocenters. The first kappa shape index (κ1) is 17.3. The van der Waals surface area contributed by atoms with Gasteiger partial charge in [0.2, 0.25) is 0 Å². The molecule has 1 amide bonds. The third-order valence-electron chi connectivity index (χ3n) is 4.65. The predicted octanol–water partition coefficient (Wildman–Crippen LogP) is 3.84. The highest BCUT2D eigenvalue weighted by molar-refractivity contribution is 7.00. The van der Waals surface area contributed by atoms with Gasteiger partial charge in [0, 0.05) is 36.1 Å². The molecule has 1 aliphatic heterocycles. The molecule has 1 aromatic heterocycles. The largest absolute Gasteiger partial charge is 0.372 e. The molecule has 1 saturated heterocycles. The molecule has 2 aromatic carbocycles. The minimum Gasteiger partial charge on any atom is -0.372 e. The van der Waals surface area contributed by atoms with Crippen molar-refractivity contribution in [3.05, 3.63) is 52.1 Å². The Morgan fingerprint density at radius 3 is 2.56 bits per heavy atom. The number of benzene rings is 2. The van der Waals surface area contributed by atoms with Crippen molar-refractivity contribution in [2.45, 2.75) is 19.3 Å². The summed E-state index contributed by atoms with van der Waals surface area (Å²) in [6, 6.07) is 10.4. The summed E-state index contributed by atoms with van der Waals surface area (Å²) in [4.78, 5) is 25.6. The van der Waals surface area contributed by atoms with E-state index in [1.807, 2.05) is 24.3 Å². The molecule has 0 saturated carbocycles. The Morgan fingerprint density at radius 1 is 1.11 bits per heavy atom. The molecule has 9 heteroatoms. The monoisotopic (exact) mass is 383 g/mol. The van der Waals surface area contributed by atoms with Crippen molar-refractivity contribution in [2.75, 3.05) is 23.3 Å². The zero-order chi connectivity index (χ0) is 18.8. The third-order valence-corrected chi connectivity index (χ3v) is 5.19. The maximum Gasteiger partial charge on any atom is 0.299 e. The fourth-order valence-electron chi connectivity index (χ4n) is 3.25. The van der Waals surface area contributed by atoms with Gasteiger partial charge in [-0.05, 0) is 49.6 Å². The van der Waals surface area contributed by atoms with Crippen LogP contribution in [-0.4, -0.2) is 32.7 Å². The van der Waals surface area contributed by atoms with Crippen LogP contribution in [0, 0.1) is 10.1 Å². The summed E-state index contributed by atoms with van der Waals surface area (Å²) in [5, 5.41) is 14.0. The van der Waals surface area contributed by atoms with Gasteiger partial charge < -0.3 is 10.2 Å². The normalized spacial score (nSPS) is 14.3. The van der Waals surface area contributed by atoms with Gasteiger partial charge >= 0.3 is 0 Å². The van der Waals surface area contributed by atoms with Gasteiger partial charge in [-0.15, -0.1) is 0 Å². The molecule has 2 heterocycles. The number of carbonyl (C=O) groups excluding carboxylic acids is 1. The summed E-state index contributed by atoms with van der Waals surface area (Å²) >= 11 is 0.883. The maximum atomic E-state index is 12.6. The third kappa shape index (κ3) is 3.59. The van der Waals surface area contributed by atoms with Crippen LogP contribution >= 0.6 is 11.7 Å². The van der Waals surface area contributed by atoms with Crippen LogP contribution in [0.25, 0.3) is 11.0 Å². The highest BCUT2D eigenvalue weighted by Crippen LogP contribution is 2.27. The van der Waals surface area contributed by atoms with Crippen LogP contribution in [0.4, 0.5) is 17.1 Å². The number of anilines is 2. The number of nitrogens with zero attached hydrogens (tertiary/aromatic N) is 4. The Kier molecular flexibility index (Phi) is 4.68. The van der Waals surface area contributed by atoms with Crippen molar-refractivity contribution in [3.8, 4) is 0 Å². The van der Waals surface area contributed by atoms with Crippen molar-refractivity contribution in [3.63, 3.8) is 0 Å². The van der Waals surface area contributed by atoms with Gasteiger partial charge in [-0.2, -0.15) is 8.75 Å². The maximum absolute atomic E-state index is 12.6. The standard InChI is InChI=1S/C18H17N5O3S/c24-18(12-10-15-17(21-27-20-15)16(11-12)23(25)26)19-13-4-6-14(7-5-13)22-8-2-1-3-9-22/h4-7,10-11H,1-3,8-9H2,(H,19,24). The summed E-state index contributed by atoms with van der Waals surface area (Å²) in [7, 11) is 0. The van der Waals surface area contributed by atoms with E-state index >= 15 is 0 Å². The minimum atomic E-state index is -0.548. The number of carbonyl (C=O) groups is 1. The first-order chi connectivity index (χ1) is 13.1. The Balaban J connectivity index is 1.53. The van der Waals surface area contributed by atoms with Gasteiger partial charge in [-0.3, -0.25) is 14.9 Å². The van der Waals surface area contributed by atoms with Crippen LogP contribution in [-0.2, 0) is 0 Å². The topological polar surface area (TPSA) is 101 Å². The van der Waals surface area contributed by atoms with E-state index in [-0.39, 0.29) is 16.8 Å². The Bertz CT molecular complexity index is 996. The quantitative estimate of drug-likeness (QED) is 0.542. The molecule has 0 spiro atoms. The zero-order valence-corrected chi connectivity index (χ0v) is 15.2. The molecule has 8 nitrogen and oxygen atoms in total. The first-order valence-corrected chi connectivity index (χ1v) is 9.42. The second kappa shape index (κ2) is 7.28. The fraction of sp³-hybridized carbons (Fsp3) is 0.278. The lowest BCUT2D eigenvalue weighted by atomic mass is 10.1. The number of nitro benzene ring substituents is 1. The second-order valence-electron chi connectivity index (χ2n) is 6.43. The molecule has 0 aliphatic carbocycles. The number of nitrogens with one attached hydrogen (secondary N) is 1. The van der Waals surface area contributed by atoms with E-state index in [4.69, 9.17) is 0 Å². The van der Waals surface area contributed by atoms with Crippen LogP contribution in [0.1, 0.15) is 29.6 Å². The fourth-order valence-corrected chi connectivity index (χ4v) is 3.79. The molecular formula is C18H17N5O3S. The van der Waals surface area contributed by atoms with Crippen molar-refractivity contribution in [2.24, 2.45) is 0 Å². The summed E-state index contributed by atoms with van der Waals surface area (Å²) in [6.45, 7) is 2.11. The number of hydrogen-bond acceptors (Lipinski definition) is 7. The molecule has 27 heavy (non-hydrogen) atoms. The average Bonchev–Trinajstić information content (AvgIpc) is 3.17. The molecule has 1 fully saturated rings. The van der Waals surface area contributed by atoms with E-state index in [9.17, 15) is 14.9 Å². The number of piperidine rings is 1. The molecule has 0 unspecified atom stereocenters. The van der Waals surface area contributed by atoms with E-state index in [0.717, 1.165) is 30.5 Å². The van der Waals surface area contributed by atoms with Gasteiger partial charge in [0.1, 0.15) is 5.52 Å². The van der Waals surface area contributed by atoms with Gasteiger partial charge in [0.05, 0.1) is 16.7 Å². The SMILES string of the molecule is O=C(Nc1ccc(N2CCCCC2)cc1)c1cc([N+](=O)[O-])c2nsnc2c1. The van der Waals surface area contributed by atoms with Gasteiger partial charge in [0.15, 0.2) is 5.52 Å². The van der Waals surface area contributed by atoms with Gasteiger partial charge in [0.25, 0.3) is 11.6 Å².